The van der Waals surface area contributed by atoms with Crippen LogP contribution in [-0.4, -0.2) is 44.3 Å². The van der Waals surface area contributed by atoms with Crippen molar-refractivity contribution in [3.8, 4) is 5.69 Å². The molecular formula is C18H18F3N3O3. The lowest BCUT2D eigenvalue weighted by molar-refractivity contribution is -0.144. The largest absolute Gasteiger partial charge is 0.481 e. The molecule has 2 heterocycles. The monoisotopic (exact) mass is 381 g/mol. The lowest BCUT2D eigenvalue weighted by Crippen LogP contribution is -2.38. The number of likely N-dealkylation sites (tertiary alicyclic amines) is 1. The first-order valence-electron chi connectivity index (χ1n) is 8.38. The Balaban J connectivity index is 2.06. The average Bonchev–Trinajstić information content (AvgIpc) is 3.18. The number of halogens is 3. The Morgan fingerprint density at radius 1 is 1.26 bits per heavy atom. The number of carbonyl (C=O) groups excluding carboxylic acids is 1. The van der Waals surface area contributed by atoms with Gasteiger partial charge < -0.3 is 10.0 Å². The minimum absolute atomic E-state index is 0.0871. The van der Waals surface area contributed by atoms with Crippen LogP contribution in [0.25, 0.3) is 5.69 Å². The van der Waals surface area contributed by atoms with E-state index >= 15 is 0 Å². The van der Waals surface area contributed by atoms with Crippen molar-refractivity contribution in [2.24, 2.45) is 5.92 Å². The van der Waals surface area contributed by atoms with E-state index in [1.165, 1.54) is 17.9 Å². The number of carbonyl (C=O) groups is 2. The lowest BCUT2D eigenvalue weighted by atomic mass is 10.0. The van der Waals surface area contributed by atoms with Crippen LogP contribution in [0.3, 0.4) is 0 Å². The van der Waals surface area contributed by atoms with Gasteiger partial charge in [-0.1, -0.05) is 18.2 Å². The summed E-state index contributed by atoms with van der Waals surface area (Å²) in [7, 11) is 0. The molecule has 2 atom stereocenters. The molecule has 144 valence electrons. The number of hydrogen-bond donors (Lipinski definition) is 1. The summed E-state index contributed by atoms with van der Waals surface area (Å²) in [5.74, 6) is -2.72. The third-order valence-electron chi connectivity index (χ3n) is 4.94. The Hall–Kier alpha value is -2.84. The summed E-state index contributed by atoms with van der Waals surface area (Å²) in [5.41, 5.74) is -0.941. The number of hydrogen-bond acceptors (Lipinski definition) is 3. The summed E-state index contributed by atoms with van der Waals surface area (Å²) in [6.45, 7) is 3.27. The second kappa shape index (κ2) is 6.71. The number of amides is 1. The summed E-state index contributed by atoms with van der Waals surface area (Å²) in [6, 6.07) is 5.73. The van der Waals surface area contributed by atoms with Gasteiger partial charge in [-0.05, 0) is 31.9 Å². The molecule has 1 aliphatic rings. The van der Waals surface area contributed by atoms with Crippen LogP contribution in [0.5, 0.6) is 0 Å². The van der Waals surface area contributed by atoms with Crippen molar-refractivity contribution in [2.75, 3.05) is 6.54 Å². The van der Waals surface area contributed by atoms with E-state index in [0.717, 1.165) is 10.9 Å². The van der Waals surface area contributed by atoms with Crippen LogP contribution < -0.4 is 0 Å². The highest BCUT2D eigenvalue weighted by atomic mass is 19.4. The summed E-state index contributed by atoms with van der Waals surface area (Å²) in [6.07, 6.45) is -3.70. The van der Waals surface area contributed by atoms with Crippen LogP contribution in [-0.2, 0) is 11.0 Å². The number of alkyl halides is 3. The third-order valence-corrected chi connectivity index (χ3v) is 4.94. The van der Waals surface area contributed by atoms with Gasteiger partial charge in [0, 0.05) is 12.6 Å². The number of aromatic nitrogens is 2. The first-order chi connectivity index (χ1) is 12.6. The van der Waals surface area contributed by atoms with Gasteiger partial charge >= 0.3 is 12.1 Å². The molecule has 3 rings (SSSR count). The predicted molar refractivity (Wildman–Crippen MR) is 89.5 cm³/mol. The first-order valence-corrected chi connectivity index (χ1v) is 8.38. The Morgan fingerprint density at radius 2 is 1.93 bits per heavy atom. The molecule has 0 radical (unpaired) electrons. The van der Waals surface area contributed by atoms with Crippen molar-refractivity contribution in [1.29, 1.82) is 0 Å². The highest BCUT2D eigenvalue weighted by Gasteiger charge is 2.44. The summed E-state index contributed by atoms with van der Waals surface area (Å²) in [5, 5.41) is 13.0. The molecule has 27 heavy (non-hydrogen) atoms. The van der Waals surface area contributed by atoms with E-state index in [1.54, 1.807) is 25.1 Å². The molecule has 0 saturated carbocycles. The molecule has 2 unspecified atom stereocenters. The van der Waals surface area contributed by atoms with E-state index in [1.807, 2.05) is 0 Å². The molecule has 1 aromatic carbocycles. The van der Waals surface area contributed by atoms with Crippen molar-refractivity contribution < 1.29 is 27.9 Å². The van der Waals surface area contributed by atoms with Crippen molar-refractivity contribution >= 4 is 11.9 Å². The molecule has 2 aromatic rings. The fourth-order valence-corrected chi connectivity index (χ4v) is 3.47. The lowest BCUT2D eigenvalue weighted by Gasteiger charge is -2.23. The van der Waals surface area contributed by atoms with E-state index < -0.39 is 41.3 Å². The molecule has 0 aliphatic carbocycles. The highest BCUT2D eigenvalue weighted by molar-refractivity contribution is 5.96. The van der Waals surface area contributed by atoms with Gasteiger partial charge in [0.25, 0.3) is 5.91 Å². The standard InChI is InChI=1S/C18H18F3N3O3/c1-10-5-3-4-6-14(10)24-15(18(19,20)21)13(9-22-24)16(25)23-8-7-12(11(23)2)17(26)27/h3-6,9,11-12H,7-8H2,1-2H3,(H,26,27). The number of carboxylic acids is 1. The number of aryl methyl sites for hydroxylation is 1. The number of para-hydroxylation sites is 1. The van der Waals surface area contributed by atoms with Crippen molar-refractivity contribution in [1.82, 2.24) is 14.7 Å². The molecule has 0 spiro atoms. The normalized spacial score (nSPS) is 20.1. The average molecular weight is 381 g/mol. The Labute approximate surface area is 153 Å². The molecule has 1 saturated heterocycles. The maximum Gasteiger partial charge on any atom is 0.434 e. The van der Waals surface area contributed by atoms with Gasteiger partial charge in [0.2, 0.25) is 0 Å². The minimum atomic E-state index is -4.81. The molecule has 1 N–H and O–H groups in total. The van der Waals surface area contributed by atoms with E-state index in [-0.39, 0.29) is 18.7 Å². The summed E-state index contributed by atoms with van der Waals surface area (Å²) >= 11 is 0. The Morgan fingerprint density at radius 3 is 2.48 bits per heavy atom. The number of benzene rings is 1. The van der Waals surface area contributed by atoms with Crippen LogP contribution in [0.4, 0.5) is 13.2 Å². The maximum absolute atomic E-state index is 13.8. The second-order valence-electron chi connectivity index (χ2n) is 6.58. The Kier molecular flexibility index (Phi) is 4.71. The van der Waals surface area contributed by atoms with Gasteiger partial charge in [0.15, 0.2) is 5.69 Å². The van der Waals surface area contributed by atoms with Crippen molar-refractivity contribution in [3.05, 3.63) is 47.3 Å². The van der Waals surface area contributed by atoms with Gasteiger partial charge in [0.05, 0.1) is 23.4 Å². The van der Waals surface area contributed by atoms with Crippen LogP contribution in [0.2, 0.25) is 0 Å². The summed E-state index contributed by atoms with van der Waals surface area (Å²) in [4.78, 5) is 25.2. The molecular weight excluding hydrogens is 363 g/mol. The van der Waals surface area contributed by atoms with E-state index in [0.29, 0.717) is 5.56 Å². The van der Waals surface area contributed by atoms with Gasteiger partial charge in [0.1, 0.15) is 0 Å². The highest BCUT2D eigenvalue weighted by Crippen LogP contribution is 2.36. The molecule has 0 bridgehead atoms. The van der Waals surface area contributed by atoms with Crippen LogP contribution in [0.15, 0.2) is 30.5 Å². The number of rotatable bonds is 3. The third kappa shape index (κ3) is 3.29. The first kappa shape index (κ1) is 18.9. The van der Waals surface area contributed by atoms with E-state index in [9.17, 15) is 27.9 Å². The summed E-state index contributed by atoms with van der Waals surface area (Å²) < 4.78 is 42.1. The predicted octanol–water partition coefficient (Wildman–Crippen LogP) is 3.13. The quantitative estimate of drug-likeness (QED) is 0.886. The molecule has 1 aromatic heterocycles. The van der Waals surface area contributed by atoms with Gasteiger partial charge in [-0.25, -0.2) is 4.68 Å². The van der Waals surface area contributed by atoms with Crippen molar-refractivity contribution in [2.45, 2.75) is 32.5 Å². The Bertz CT molecular complexity index is 891. The molecule has 1 fully saturated rings. The zero-order valence-electron chi connectivity index (χ0n) is 14.7. The molecule has 1 aliphatic heterocycles. The fourth-order valence-electron chi connectivity index (χ4n) is 3.47. The fraction of sp³-hybridized carbons (Fsp3) is 0.389. The van der Waals surface area contributed by atoms with E-state index in [2.05, 4.69) is 5.10 Å². The maximum atomic E-state index is 13.8. The van der Waals surface area contributed by atoms with E-state index in [4.69, 9.17) is 0 Å². The van der Waals surface area contributed by atoms with Crippen LogP contribution >= 0.6 is 0 Å². The van der Waals surface area contributed by atoms with Gasteiger partial charge in [-0.3, -0.25) is 9.59 Å². The number of carboxylic acid groups (broad SMARTS) is 1. The molecule has 1 amide bonds. The van der Waals surface area contributed by atoms with Gasteiger partial charge in [-0.15, -0.1) is 0 Å². The zero-order chi connectivity index (χ0) is 19.9. The van der Waals surface area contributed by atoms with Gasteiger partial charge in [-0.2, -0.15) is 18.3 Å². The topological polar surface area (TPSA) is 75.4 Å². The molecule has 9 heteroatoms. The number of nitrogens with zero attached hydrogens (tertiary/aromatic N) is 3. The van der Waals surface area contributed by atoms with Crippen molar-refractivity contribution in [3.63, 3.8) is 0 Å². The molecule has 6 nitrogen and oxygen atoms in total. The smallest absolute Gasteiger partial charge is 0.434 e. The number of aliphatic carboxylic acids is 1. The zero-order valence-corrected chi connectivity index (χ0v) is 14.7. The SMILES string of the molecule is Cc1ccccc1-n1ncc(C(=O)N2CCC(C(=O)O)C2C)c1C(F)(F)F. The second-order valence-corrected chi connectivity index (χ2v) is 6.58. The minimum Gasteiger partial charge on any atom is -0.481 e. The van der Waals surface area contributed by atoms with Crippen LogP contribution in [0.1, 0.15) is 35.0 Å². The van der Waals surface area contributed by atoms with Crippen LogP contribution in [0, 0.1) is 12.8 Å².